The van der Waals surface area contributed by atoms with Crippen LogP contribution in [0.25, 0.3) is 0 Å². The smallest absolute Gasteiger partial charge is 0.0991 e. The van der Waals surface area contributed by atoms with E-state index in [-0.39, 0.29) is 0 Å². The SMILES string of the molecule is COCc1cccc(CNc2ccc(C#N)cc2C)c1. The summed E-state index contributed by atoms with van der Waals surface area (Å²) in [5, 5.41) is 12.3. The number of nitriles is 1. The Morgan fingerprint density at radius 1 is 1.15 bits per heavy atom. The molecule has 2 aromatic carbocycles. The Kier molecular flexibility index (Phi) is 4.75. The topological polar surface area (TPSA) is 45.0 Å². The first-order chi connectivity index (χ1) is 9.72. The van der Waals surface area contributed by atoms with Crippen molar-refractivity contribution in [3.8, 4) is 6.07 Å². The average Bonchev–Trinajstić information content (AvgIpc) is 2.46. The number of hydrogen-bond acceptors (Lipinski definition) is 3. The number of aryl methyl sites for hydroxylation is 1. The number of nitrogens with zero attached hydrogens (tertiary/aromatic N) is 1. The quantitative estimate of drug-likeness (QED) is 0.899. The molecule has 0 radical (unpaired) electrons. The standard InChI is InChI=1S/C17H18N2O/c1-13-8-14(10-18)6-7-17(13)19-11-15-4-3-5-16(9-15)12-20-2/h3-9,19H,11-12H2,1-2H3. The first-order valence-corrected chi connectivity index (χ1v) is 6.54. The fourth-order valence-corrected chi connectivity index (χ4v) is 2.12. The second kappa shape index (κ2) is 6.74. The van der Waals surface area contributed by atoms with Gasteiger partial charge in [0.05, 0.1) is 18.2 Å². The summed E-state index contributed by atoms with van der Waals surface area (Å²) >= 11 is 0. The highest BCUT2D eigenvalue weighted by atomic mass is 16.5. The summed E-state index contributed by atoms with van der Waals surface area (Å²) < 4.78 is 5.14. The molecule has 3 heteroatoms. The van der Waals surface area contributed by atoms with Gasteiger partial charge in [-0.05, 0) is 41.8 Å². The molecule has 0 spiro atoms. The van der Waals surface area contributed by atoms with Crippen molar-refractivity contribution in [3.05, 3.63) is 64.7 Å². The molecule has 0 bridgehead atoms. The van der Waals surface area contributed by atoms with E-state index in [9.17, 15) is 0 Å². The molecule has 0 fully saturated rings. The zero-order valence-corrected chi connectivity index (χ0v) is 11.8. The van der Waals surface area contributed by atoms with Gasteiger partial charge in [-0.2, -0.15) is 5.26 Å². The number of methoxy groups -OCH3 is 1. The van der Waals surface area contributed by atoms with E-state index in [0.29, 0.717) is 12.2 Å². The van der Waals surface area contributed by atoms with Crippen molar-refractivity contribution in [2.24, 2.45) is 0 Å². The molecule has 0 aromatic heterocycles. The molecule has 2 rings (SSSR count). The van der Waals surface area contributed by atoms with Gasteiger partial charge in [0.2, 0.25) is 0 Å². The van der Waals surface area contributed by atoms with Crippen LogP contribution in [-0.4, -0.2) is 7.11 Å². The molecule has 0 aliphatic carbocycles. The lowest BCUT2D eigenvalue weighted by molar-refractivity contribution is 0.185. The third kappa shape index (κ3) is 3.59. The Hall–Kier alpha value is -2.31. The van der Waals surface area contributed by atoms with E-state index in [1.807, 2.05) is 31.2 Å². The summed E-state index contributed by atoms with van der Waals surface area (Å²) in [6.07, 6.45) is 0. The molecule has 0 amide bonds. The number of hydrogen-bond donors (Lipinski definition) is 1. The van der Waals surface area contributed by atoms with Crippen LogP contribution in [0.5, 0.6) is 0 Å². The molecule has 0 aliphatic rings. The lowest BCUT2D eigenvalue weighted by Crippen LogP contribution is -2.02. The van der Waals surface area contributed by atoms with Crippen LogP contribution in [0.15, 0.2) is 42.5 Å². The Balaban J connectivity index is 2.05. The summed E-state index contributed by atoms with van der Waals surface area (Å²) in [5.41, 5.74) is 5.21. The first-order valence-electron chi connectivity index (χ1n) is 6.54. The molecule has 2 aromatic rings. The van der Waals surface area contributed by atoms with E-state index in [1.165, 1.54) is 11.1 Å². The highest BCUT2D eigenvalue weighted by Crippen LogP contribution is 2.17. The van der Waals surface area contributed by atoms with Gasteiger partial charge in [-0.25, -0.2) is 0 Å². The number of ether oxygens (including phenoxy) is 1. The Morgan fingerprint density at radius 2 is 1.95 bits per heavy atom. The zero-order valence-electron chi connectivity index (χ0n) is 11.8. The second-order valence-electron chi connectivity index (χ2n) is 4.75. The number of anilines is 1. The lowest BCUT2D eigenvalue weighted by atomic mass is 10.1. The minimum Gasteiger partial charge on any atom is -0.381 e. The maximum absolute atomic E-state index is 8.86. The molecule has 0 atom stereocenters. The van der Waals surface area contributed by atoms with Crippen LogP contribution in [0.2, 0.25) is 0 Å². The summed E-state index contributed by atoms with van der Waals surface area (Å²) in [4.78, 5) is 0. The normalized spacial score (nSPS) is 10.1. The monoisotopic (exact) mass is 266 g/mol. The van der Waals surface area contributed by atoms with Gasteiger partial charge in [0.25, 0.3) is 0 Å². The summed E-state index contributed by atoms with van der Waals surface area (Å²) in [6.45, 7) is 3.39. The lowest BCUT2D eigenvalue weighted by Gasteiger charge is -2.10. The predicted octanol–water partition coefficient (Wildman–Crippen LogP) is 3.63. The van der Waals surface area contributed by atoms with E-state index in [2.05, 4.69) is 29.6 Å². The van der Waals surface area contributed by atoms with Crippen LogP contribution in [0.3, 0.4) is 0 Å². The third-order valence-electron chi connectivity index (χ3n) is 3.14. The van der Waals surface area contributed by atoms with Gasteiger partial charge in [0, 0.05) is 19.3 Å². The maximum Gasteiger partial charge on any atom is 0.0991 e. The van der Waals surface area contributed by atoms with Crippen LogP contribution in [0, 0.1) is 18.3 Å². The molecule has 0 saturated heterocycles. The van der Waals surface area contributed by atoms with Crippen molar-refractivity contribution in [1.82, 2.24) is 0 Å². The summed E-state index contributed by atoms with van der Waals surface area (Å²) in [6, 6.07) is 16.1. The van der Waals surface area contributed by atoms with Crippen molar-refractivity contribution in [1.29, 1.82) is 5.26 Å². The van der Waals surface area contributed by atoms with Crippen molar-refractivity contribution < 1.29 is 4.74 Å². The van der Waals surface area contributed by atoms with Gasteiger partial charge in [0.1, 0.15) is 0 Å². The maximum atomic E-state index is 8.86. The van der Waals surface area contributed by atoms with Crippen molar-refractivity contribution >= 4 is 5.69 Å². The molecule has 3 nitrogen and oxygen atoms in total. The van der Waals surface area contributed by atoms with Gasteiger partial charge in [-0.3, -0.25) is 0 Å². The summed E-state index contributed by atoms with van der Waals surface area (Å²) in [7, 11) is 1.70. The molecule has 0 saturated carbocycles. The van der Waals surface area contributed by atoms with Crippen molar-refractivity contribution in [2.45, 2.75) is 20.1 Å². The van der Waals surface area contributed by atoms with Gasteiger partial charge in [0.15, 0.2) is 0 Å². The molecule has 20 heavy (non-hydrogen) atoms. The average molecular weight is 266 g/mol. The Labute approximate surface area is 119 Å². The molecule has 1 N–H and O–H groups in total. The molecule has 102 valence electrons. The van der Waals surface area contributed by atoms with Crippen LogP contribution >= 0.6 is 0 Å². The van der Waals surface area contributed by atoms with Crippen molar-refractivity contribution in [3.63, 3.8) is 0 Å². The molecular formula is C17H18N2O. The molecular weight excluding hydrogens is 248 g/mol. The van der Waals surface area contributed by atoms with Crippen LogP contribution in [0.1, 0.15) is 22.3 Å². The zero-order chi connectivity index (χ0) is 14.4. The highest BCUT2D eigenvalue weighted by Gasteiger charge is 2.01. The number of nitrogens with one attached hydrogen (secondary N) is 1. The van der Waals surface area contributed by atoms with Crippen LogP contribution in [0.4, 0.5) is 5.69 Å². The first kappa shape index (κ1) is 14.1. The van der Waals surface area contributed by atoms with E-state index in [0.717, 1.165) is 17.8 Å². The second-order valence-corrected chi connectivity index (χ2v) is 4.75. The Bertz CT molecular complexity index is 629. The number of benzene rings is 2. The minimum absolute atomic E-state index is 0.629. The molecule has 0 aliphatic heterocycles. The number of rotatable bonds is 5. The molecule has 0 heterocycles. The van der Waals surface area contributed by atoms with E-state index >= 15 is 0 Å². The minimum atomic E-state index is 0.629. The Morgan fingerprint density at radius 3 is 2.65 bits per heavy atom. The molecule has 0 unspecified atom stereocenters. The third-order valence-corrected chi connectivity index (χ3v) is 3.14. The van der Waals surface area contributed by atoms with Gasteiger partial charge < -0.3 is 10.1 Å². The van der Waals surface area contributed by atoms with Crippen molar-refractivity contribution in [2.75, 3.05) is 12.4 Å². The largest absolute Gasteiger partial charge is 0.381 e. The van der Waals surface area contributed by atoms with Crippen LogP contribution < -0.4 is 5.32 Å². The van der Waals surface area contributed by atoms with E-state index in [4.69, 9.17) is 10.00 Å². The van der Waals surface area contributed by atoms with E-state index in [1.54, 1.807) is 7.11 Å². The van der Waals surface area contributed by atoms with Crippen LogP contribution in [-0.2, 0) is 17.9 Å². The van der Waals surface area contributed by atoms with Gasteiger partial charge in [-0.1, -0.05) is 24.3 Å². The fourth-order valence-electron chi connectivity index (χ4n) is 2.12. The summed E-state index contributed by atoms with van der Waals surface area (Å²) in [5.74, 6) is 0. The highest BCUT2D eigenvalue weighted by molar-refractivity contribution is 5.54. The van der Waals surface area contributed by atoms with Gasteiger partial charge in [-0.15, -0.1) is 0 Å². The van der Waals surface area contributed by atoms with Gasteiger partial charge >= 0.3 is 0 Å². The van der Waals surface area contributed by atoms with E-state index < -0.39 is 0 Å². The predicted molar refractivity (Wildman–Crippen MR) is 80.4 cm³/mol. The fraction of sp³-hybridized carbons (Fsp3) is 0.235.